The fraction of sp³-hybridized carbons (Fsp3) is 0.733. The molecule has 0 saturated heterocycles. The van der Waals surface area contributed by atoms with Gasteiger partial charge in [-0.2, -0.15) is 0 Å². The molecule has 1 fully saturated rings. The Balaban J connectivity index is 1.90. The summed E-state index contributed by atoms with van der Waals surface area (Å²) in [5.74, 6) is 0. The number of aliphatic hydroxyl groups excluding tert-OH is 1. The highest BCUT2D eigenvalue weighted by atomic mass is 16.3. The van der Waals surface area contributed by atoms with E-state index in [0.717, 1.165) is 13.1 Å². The Kier molecular flexibility index (Phi) is 4.13. The van der Waals surface area contributed by atoms with Gasteiger partial charge in [-0.15, -0.1) is 0 Å². The van der Waals surface area contributed by atoms with E-state index in [4.69, 9.17) is 0 Å². The van der Waals surface area contributed by atoms with Gasteiger partial charge in [0.25, 0.3) is 0 Å². The maximum Gasteiger partial charge on any atom is 0.0499 e. The summed E-state index contributed by atoms with van der Waals surface area (Å²) in [5.41, 5.74) is 4.17. The number of hydrogen-bond acceptors (Lipinski definition) is 2. The monoisotopic (exact) mass is 250 g/mol. The van der Waals surface area contributed by atoms with Crippen molar-refractivity contribution in [1.29, 1.82) is 0 Å². The first kappa shape index (κ1) is 13.6. The molecular weight excluding hydrogens is 224 g/mol. The van der Waals surface area contributed by atoms with E-state index >= 15 is 0 Å². The van der Waals surface area contributed by atoms with Crippen LogP contribution in [-0.4, -0.2) is 22.8 Å². The molecule has 0 amide bonds. The Morgan fingerprint density at radius 2 is 2.00 bits per heavy atom. The van der Waals surface area contributed by atoms with E-state index in [2.05, 4.69) is 36.8 Å². The van der Waals surface area contributed by atoms with Crippen molar-refractivity contribution in [3.63, 3.8) is 0 Å². The molecule has 3 nitrogen and oxygen atoms in total. The maximum atomic E-state index is 9.57. The molecular formula is C15H26N2O. The van der Waals surface area contributed by atoms with Crippen LogP contribution in [0.2, 0.25) is 0 Å². The summed E-state index contributed by atoms with van der Waals surface area (Å²) in [4.78, 5) is 0. The molecule has 102 valence electrons. The van der Waals surface area contributed by atoms with Crippen LogP contribution in [0.1, 0.15) is 42.6 Å². The fourth-order valence-corrected chi connectivity index (χ4v) is 3.09. The van der Waals surface area contributed by atoms with Crippen molar-refractivity contribution < 1.29 is 5.11 Å². The van der Waals surface area contributed by atoms with E-state index in [1.165, 1.54) is 42.6 Å². The Hall–Kier alpha value is -0.800. The average molecular weight is 250 g/mol. The lowest BCUT2D eigenvalue weighted by Crippen LogP contribution is -2.34. The van der Waals surface area contributed by atoms with Crippen LogP contribution in [0.3, 0.4) is 0 Å². The third-order valence-electron chi connectivity index (χ3n) is 4.70. The molecule has 0 aliphatic heterocycles. The first-order valence-corrected chi connectivity index (χ1v) is 7.01. The molecule has 2 N–H and O–H groups in total. The number of aromatic nitrogens is 1. The summed E-state index contributed by atoms with van der Waals surface area (Å²) >= 11 is 0. The largest absolute Gasteiger partial charge is 0.396 e. The van der Waals surface area contributed by atoms with Gasteiger partial charge < -0.3 is 15.0 Å². The Morgan fingerprint density at radius 3 is 2.50 bits per heavy atom. The fourth-order valence-electron chi connectivity index (χ4n) is 3.09. The van der Waals surface area contributed by atoms with Crippen LogP contribution in [0.4, 0.5) is 0 Å². The minimum absolute atomic E-state index is 0.151. The minimum atomic E-state index is 0.151. The number of aryl methyl sites for hydroxylation is 1. The lowest BCUT2D eigenvalue weighted by molar-refractivity contribution is 0.128. The molecule has 1 saturated carbocycles. The van der Waals surface area contributed by atoms with Crippen molar-refractivity contribution in [3.8, 4) is 0 Å². The molecule has 0 bridgehead atoms. The summed E-state index contributed by atoms with van der Waals surface area (Å²) < 4.78 is 2.23. The molecule has 0 spiro atoms. The lowest BCUT2D eigenvalue weighted by Gasteiger charge is -2.26. The number of aliphatic hydroxyl groups is 1. The molecule has 0 unspecified atom stereocenters. The summed E-state index contributed by atoms with van der Waals surface area (Å²) in [6.45, 7) is 6.49. The molecule has 0 aromatic carbocycles. The van der Waals surface area contributed by atoms with Crippen molar-refractivity contribution in [2.75, 3.05) is 13.2 Å². The van der Waals surface area contributed by atoms with Gasteiger partial charge in [0.2, 0.25) is 0 Å². The zero-order chi connectivity index (χ0) is 13.2. The summed E-state index contributed by atoms with van der Waals surface area (Å²) in [6.07, 6.45) is 4.88. The first-order valence-electron chi connectivity index (χ1n) is 7.01. The third kappa shape index (κ3) is 2.62. The summed E-state index contributed by atoms with van der Waals surface area (Å²) in [7, 11) is 2.11. The normalized spacial score (nSPS) is 18.4. The van der Waals surface area contributed by atoms with Crippen LogP contribution in [0.25, 0.3) is 0 Å². The Morgan fingerprint density at radius 1 is 1.33 bits per heavy atom. The van der Waals surface area contributed by atoms with E-state index in [1.54, 1.807) is 0 Å². The Labute approximate surface area is 110 Å². The van der Waals surface area contributed by atoms with E-state index < -0.39 is 0 Å². The smallest absolute Gasteiger partial charge is 0.0499 e. The first-order chi connectivity index (χ1) is 8.58. The van der Waals surface area contributed by atoms with Gasteiger partial charge in [-0.05, 0) is 38.3 Å². The standard InChI is InChI=1S/C15H26N2O/c1-12-8-14(13(2)17(12)3)9-16-10-15(11-18)6-4-5-7-15/h8,16,18H,4-7,9-11H2,1-3H3. The van der Waals surface area contributed by atoms with Crippen molar-refractivity contribution in [2.45, 2.75) is 46.1 Å². The molecule has 18 heavy (non-hydrogen) atoms. The zero-order valence-corrected chi connectivity index (χ0v) is 11.9. The van der Waals surface area contributed by atoms with E-state index in [-0.39, 0.29) is 5.41 Å². The van der Waals surface area contributed by atoms with Crippen LogP contribution in [0.15, 0.2) is 6.07 Å². The summed E-state index contributed by atoms with van der Waals surface area (Å²) in [5, 5.41) is 13.1. The zero-order valence-electron chi connectivity index (χ0n) is 11.9. The highest BCUT2D eigenvalue weighted by Gasteiger charge is 2.32. The summed E-state index contributed by atoms with van der Waals surface area (Å²) in [6, 6.07) is 2.25. The van der Waals surface area contributed by atoms with Crippen LogP contribution in [0, 0.1) is 19.3 Å². The number of rotatable bonds is 5. The van der Waals surface area contributed by atoms with Gasteiger partial charge >= 0.3 is 0 Å². The van der Waals surface area contributed by atoms with Gasteiger partial charge in [0.1, 0.15) is 0 Å². The minimum Gasteiger partial charge on any atom is -0.396 e. The van der Waals surface area contributed by atoms with Gasteiger partial charge in [0, 0.05) is 43.5 Å². The molecule has 1 aliphatic carbocycles. The van der Waals surface area contributed by atoms with Gasteiger partial charge in [0.15, 0.2) is 0 Å². The topological polar surface area (TPSA) is 37.2 Å². The molecule has 1 aromatic rings. The molecule has 3 heteroatoms. The SMILES string of the molecule is Cc1cc(CNCC2(CO)CCCC2)c(C)n1C. The van der Waals surface area contributed by atoms with Crippen molar-refractivity contribution in [3.05, 3.63) is 23.0 Å². The average Bonchev–Trinajstić information content (AvgIpc) is 2.93. The van der Waals surface area contributed by atoms with Gasteiger partial charge in [-0.1, -0.05) is 12.8 Å². The van der Waals surface area contributed by atoms with E-state index in [0.29, 0.717) is 6.61 Å². The number of nitrogens with zero attached hydrogens (tertiary/aromatic N) is 1. The van der Waals surface area contributed by atoms with Gasteiger partial charge in [-0.25, -0.2) is 0 Å². The van der Waals surface area contributed by atoms with Crippen molar-refractivity contribution >= 4 is 0 Å². The van der Waals surface area contributed by atoms with Gasteiger partial charge in [0.05, 0.1) is 0 Å². The van der Waals surface area contributed by atoms with Crippen LogP contribution in [-0.2, 0) is 13.6 Å². The lowest BCUT2D eigenvalue weighted by atomic mass is 9.87. The molecule has 1 aromatic heterocycles. The quantitative estimate of drug-likeness (QED) is 0.841. The predicted octanol–water partition coefficient (Wildman–Crippen LogP) is 2.28. The predicted molar refractivity (Wildman–Crippen MR) is 74.6 cm³/mol. The second kappa shape index (κ2) is 5.45. The van der Waals surface area contributed by atoms with Crippen LogP contribution >= 0.6 is 0 Å². The van der Waals surface area contributed by atoms with Gasteiger partial charge in [-0.3, -0.25) is 0 Å². The highest BCUT2D eigenvalue weighted by Crippen LogP contribution is 2.36. The molecule has 2 rings (SSSR count). The van der Waals surface area contributed by atoms with Crippen molar-refractivity contribution in [2.24, 2.45) is 12.5 Å². The highest BCUT2D eigenvalue weighted by molar-refractivity contribution is 5.26. The third-order valence-corrected chi connectivity index (χ3v) is 4.70. The molecule has 1 aliphatic rings. The number of hydrogen-bond donors (Lipinski definition) is 2. The Bertz CT molecular complexity index is 403. The van der Waals surface area contributed by atoms with E-state index in [1.807, 2.05) is 0 Å². The molecule has 0 radical (unpaired) electrons. The second-order valence-corrected chi connectivity index (χ2v) is 5.92. The van der Waals surface area contributed by atoms with Crippen LogP contribution < -0.4 is 5.32 Å². The van der Waals surface area contributed by atoms with Crippen LogP contribution in [0.5, 0.6) is 0 Å². The maximum absolute atomic E-state index is 9.57. The molecule has 1 heterocycles. The van der Waals surface area contributed by atoms with Crippen molar-refractivity contribution in [1.82, 2.24) is 9.88 Å². The number of nitrogens with one attached hydrogen (secondary N) is 1. The second-order valence-electron chi connectivity index (χ2n) is 5.92. The van der Waals surface area contributed by atoms with E-state index in [9.17, 15) is 5.11 Å². The molecule has 0 atom stereocenters.